The van der Waals surface area contributed by atoms with E-state index >= 15 is 0 Å². The molecule has 4 rings (SSSR count). The fourth-order valence-corrected chi connectivity index (χ4v) is 4.67. The van der Waals surface area contributed by atoms with Gasteiger partial charge in [-0.2, -0.15) is 0 Å². The summed E-state index contributed by atoms with van der Waals surface area (Å²) >= 11 is 0. The van der Waals surface area contributed by atoms with Crippen LogP contribution in [0.2, 0.25) is 0 Å². The van der Waals surface area contributed by atoms with Gasteiger partial charge in [-0.3, -0.25) is 4.79 Å². The van der Waals surface area contributed by atoms with Gasteiger partial charge < -0.3 is 14.5 Å². The summed E-state index contributed by atoms with van der Waals surface area (Å²) in [4.78, 5) is 28.8. The third-order valence-corrected chi connectivity index (χ3v) is 6.30. The van der Waals surface area contributed by atoms with Crippen LogP contribution in [0.5, 0.6) is 0 Å². The van der Waals surface area contributed by atoms with Crippen molar-refractivity contribution in [2.75, 3.05) is 17.2 Å². The third kappa shape index (κ3) is 3.69. The van der Waals surface area contributed by atoms with Crippen molar-refractivity contribution < 1.29 is 22.7 Å². The molecular formula is C20H21N3O5S. The van der Waals surface area contributed by atoms with Crippen molar-refractivity contribution in [1.29, 1.82) is 0 Å². The highest BCUT2D eigenvalue weighted by Gasteiger charge is 2.35. The molecule has 0 radical (unpaired) electrons. The molecule has 0 N–H and O–H groups in total. The SMILES string of the molecule is CC(OC(=O)C1=CN2CCS(=O)(=O)N=C2C=C1)C(=O)N1c2ccccc2CC1C. The lowest BCUT2D eigenvalue weighted by molar-refractivity contribution is -0.150. The summed E-state index contributed by atoms with van der Waals surface area (Å²) < 4.78 is 32.2. The Morgan fingerprint density at radius 1 is 1.24 bits per heavy atom. The average Bonchev–Trinajstić information content (AvgIpc) is 3.01. The number of carbonyl (C=O) groups is 2. The first-order valence-electron chi connectivity index (χ1n) is 9.36. The van der Waals surface area contributed by atoms with Gasteiger partial charge in [0.25, 0.3) is 15.9 Å². The molecule has 0 bridgehead atoms. The summed E-state index contributed by atoms with van der Waals surface area (Å²) in [6, 6.07) is 7.69. The molecule has 8 nitrogen and oxygen atoms in total. The van der Waals surface area contributed by atoms with Crippen LogP contribution >= 0.6 is 0 Å². The number of fused-ring (bicyclic) bond motifs is 2. The highest BCUT2D eigenvalue weighted by Crippen LogP contribution is 2.32. The summed E-state index contributed by atoms with van der Waals surface area (Å²) in [7, 11) is -3.46. The van der Waals surface area contributed by atoms with E-state index in [4.69, 9.17) is 4.74 Å². The second kappa shape index (κ2) is 7.14. The maximum Gasteiger partial charge on any atom is 0.340 e. The van der Waals surface area contributed by atoms with E-state index in [9.17, 15) is 18.0 Å². The minimum absolute atomic E-state index is 0.0103. The maximum absolute atomic E-state index is 13.0. The molecule has 2 unspecified atom stereocenters. The summed E-state index contributed by atoms with van der Waals surface area (Å²) in [5, 5.41) is 0. The fraction of sp³-hybridized carbons (Fsp3) is 0.350. The van der Waals surface area contributed by atoms with Gasteiger partial charge in [-0.15, -0.1) is 4.40 Å². The predicted octanol–water partition coefficient (Wildman–Crippen LogP) is 1.39. The highest BCUT2D eigenvalue weighted by atomic mass is 32.2. The van der Waals surface area contributed by atoms with Crippen LogP contribution in [-0.4, -0.2) is 55.5 Å². The number of esters is 1. The Kier molecular flexibility index (Phi) is 4.77. The molecule has 29 heavy (non-hydrogen) atoms. The summed E-state index contributed by atoms with van der Waals surface area (Å²) in [5.41, 5.74) is 2.18. The van der Waals surface area contributed by atoms with Crippen molar-refractivity contribution in [3.05, 3.63) is 53.8 Å². The predicted molar refractivity (Wildman–Crippen MR) is 108 cm³/mol. The van der Waals surface area contributed by atoms with Crippen molar-refractivity contribution in [3.8, 4) is 0 Å². The fourth-order valence-electron chi connectivity index (χ4n) is 3.70. The van der Waals surface area contributed by atoms with Crippen molar-refractivity contribution in [1.82, 2.24) is 4.90 Å². The zero-order valence-corrected chi connectivity index (χ0v) is 16.9. The number of hydrogen-bond acceptors (Lipinski definition) is 6. The first-order valence-corrected chi connectivity index (χ1v) is 11.0. The summed E-state index contributed by atoms with van der Waals surface area (Å²) in [6.07, 6.45) is 4.21. The lowest BCUT2D eigenvalue weighted by Gasteiger charge is -2.28. The standard InChI is InChI=1S/C20H21N3O5S/c1-13-11-15-5-3-4-6-17(15)23(13)19(24)14(2)28-20(25)16-7-8-18-21-29(26,27)10-9-22(18)12-16/h3-8,12-14H,9-11H2,1-2H3. The molecular weight excluding hydrogens is 394 g/mol. The van der Waals surface area contributed by atoms with Crippen LogP contribution in [0, 0.1) is 0 Å². The molecule has 1 aromatic rings. The van der Waals surface area contributed by atoms with Gasteiger partial charge in [0.2, 0.25) is 0 Å². The van der Waals surface area contributed by atoms with E-state index in [-0.39, 0.29) is 35.7 Å². The number of nitrogens with zero attached hydrogens (tertiary/aromatic N) is 3. The number of rotatable bonds is 3. The van der Waals surface area contributed by atoms with Crippen molar-refractivity contribution in [2.24, 2.45) is 4.40 Å². The first-order chi connectivity index (χ1) is 13.7. The Labute approximate surface area is 169 Å². The molecule has 0 aliphatic carbocycles. The largest absolute Gasteiger partial charge is 0.449 e. The van der Waals surface area contributed by atoms with Crippen LogP contribution in [0.25, 0.3) is 0 Å². The number of hydrogen-bond donors (Lipinski definition) is 0. The quantitative estimate of drug-likeness (QED) is 0.693. The number of ether oxygens (including phenoxy) is 1. The molecule has 0 saturated carbocycles. The molecule has 0 fully saturated rings. The van der Waals surface area contributed by atoms with E-state index in [1.54, 1.807) is 16.7 Å². The number of anilines is 1. The number of amidine groups is 1. The van der Waals surface area contributed by atoms with Crippen LogP contribution in [-0.2, 0) is 30.8 Å². The topological polar surface area (TPSA) is 96.3 Å². The van der Waals surface area contributed by atoms with E-state index < -0.39 is 22.1 Å². The van der Waals surface area contributed by atoms with Gasteiger partial charge in [0.15, 0.2) is 6.10 Å². The smallest absolute Gasteiger partial charge is 0.340 e. The molecule has 1 aromatic carbocycles. The lowest BCUT2D eigenvalue weighted by atomic mass is 10.1. The van der Waals surface area contributed by atoms with Gasteiger partial charge >= 0.3 is 5.97 Å². The van der Waals surface area contributed by atoms with E-state index in [1.165, 1.54) is 18.4 Å². The van der Waals surface area contributed by atoms with E-state index in [0.29, 0.717) is 0 Å². The summed E-state index contributed by atoms with van der Waals surface area (Å²) in [5.74, 6) is -0.777. The van der Waals surface area contributed by atoms with E-state index in [2.05, 4.69) is 4.40 Å². The minimum atomic E-state index is -3.46. The zero-order valence-electron chi connectivity index (χ0n) is 16.1. The second-order valence-electron chi connectivity index (χ2n) is 7.28. The third-order valence-electron chi connectivity index (χ3n) is 5.14. The number of sulfonamides is 1. The van der Waals surface area contributed by atoms with Crippen molar-refractivity contribution in [3.63, 3.8) is 0 Å². The molecule has 0 spiro atoms. The number of carbonyl (C=O) groups excluding carboxylic acids is 2. The average molecular weight is 415 g/mol. The minimum Gasteiger partial charge on any atom is -0.449 e. The van der Waals surface area contributed by atoms with Gasteiger partial charge in [0, 0.05) is 24.5 Å². The molecule has 1 amide bonds. The molecule has 3 aliphatic heterocycles. The zero-order chi connectivity index (χ0) is 20.8. The second-order valence-corrected chi connectivity index (χ2v) is 9.04. The van der Waals surface area contributed by atoms with E-state index in [0.717, 1.165) is 17.7 Å². The molecule has 9 heteroatoms. The van der Waals surface area contributed by atoms with Gasteiger partial charge in [-0.25, -0.2) is 13.2 Å². The Hall–Kier alpha value is -2.94. The maximum atomic E-state index is 13.0. The van der Waals surface area contributed by atoms with Crippen LogP contribution in [0.15, 0.2) is 52.6 Å². The van der Waals surface area contributed by atoms with Gasteiger partial charge in [-0.05, 0) is 44.1 Å². The molecule has 152 valence electrons. The number of benzene rings is 1. The normalized spacial score (nSPS) is 22.9. The Morgan fingerprint density at radius 3 is 2.79 bits per heavy atom. The van der Waals surface area contributed by atoms with Crippen LogP contribution in [0.3, 0.4) is 0 Å². The summed E-state index contributed by atoms with van der Waals surface area (Å²) in [6.45, 7) is 3.73. The number of para-hydroxylation sites is 1. The highest BCUT2D eigenvalue weighted by molar-refractivity contribution is 7.90. The van der Waals surface area contributed by atoms with E-state index in [1.807, 2.05) is 31.2 Å². The van der Waals surface area contributed by atoms with Crippen LogP contribution in [0.1, 0.15) is 19.4 Å². The van der Waals surface area contributed by atoms with Gasteiger partial charge in [-0.1, -0.05) is 18.2 Å². The van der Waals surface area contributed by atoms with Crippen LogP contribution < -0.4 is 4.90 Å². The molecule has 2 atom stereocenters. The lowest BCUT2D eigenvalue weighted by Crippen LogP contribution is -2.43. The first kappa shape index (κ1) is 19.4. The molecule has 0 aromatic heterocycles. The molecule has 0 saturated heterocycles. The van der Waals surface area contributed by atoms with Crippen molar-refractivity contribution in [2.45, 2.75) is 32.4 Å². The van der Waals surface area contributed by atoms with Crippen molar-refractivity contribution >= 4 is 33.4 Å². The van der Waals surface area contributed by atoms with Gasteiger partial charge in [0.1, 0.15) is 5.84 Å². The Morgan fingerprint density at radius 2 is 2.00 bits per heavy atom. The molecule has 3 heterocycles. The Bertz CT molecular complexity index is 1070. The molecule has 3 aliphatic rings. The number of amides is 1. The monoisotopic (exact) mass is 415 g/mol. The van der Waals surface area contributed by atoms with Crippen LogP contribution in [0.4, 0.5) is 5.69 Å². The van der Waals surface area contributed by atoms with Gasteiger partial charge in [0.05, 0.1) is 11.3 Å². The Balaban J connectivity index is 1.46.